The molecule has 118 valence electrons. The average Bonchev–Trinajstić information content (AvgIpc) is 3.29. The second-order valence-electron chi connectivity index (χ2n) is 4.77. The molecule has 0 saturated carbocycles. The smallest absolute Gasteiger partial charge is 0.351 e. The number of fused-ring (bicyclic) bond motifs is 1. The second kappa shape index (κ2) is 5.72. The van der Waals surface area contributed by atoms with E-state index in [1.807, 2.05) is 22.9 Å². The summed E-state index contributed by atoms with van der Waals surface area (Å²) in [6.45, 7) is 0.415. The van der Waals surface area contributed by atoms with Crippen molar-refractivity contribution in [3.8, 4) is 10.6 Å². The first-order valence-electron chi connectivity index (χ1n) is 6.75. The number of hydrogen-bond acceptors (Lipinski definition) is 8. The molecule has 1 N–H and O–H groups in total. The van der Waals surface area contributed by atoms with Crippen LogP contribution in [-0.4, -0.2) is 41.4 Å². The molecule has 23 heavy (non-hydrogen) atoms. The first kappa shape index (κ1) is 14.3. The topological polar surface area (TPSA) is 82.4 Å². The highest BCUT2D eigenvalue weighted by Gasteiger charge is 2.36. The van der Waals surface area contributed by atoms with Crippen molar-refractivity contribution in [3.63, 3.8) is 0 Å². The van der Waals surface area contributed by atoms with Gasteiger partial charge >= 0.3 is 6.03 Å². The highest BCUT2D eigenvalue weighted by Crippen LogP contribution is 2.33. The highest BCUT2D eigenvalue weighted by atomic mass is 32.1. The lowest BCUT2D eigenvalue weighted by atomic mass is 10.4. The molecule has 2 aromatic heterocycles. The number of thiophene rings is 1. The molecular weight excluding hydrogens is 336 g/mol. The highest BCUT2D eigenvalue weighted by molar-refractivity contribution is 7.14. The van der Waals surface area contributed by atoms with E-state index >= 15 is 0 Å². The quantitative estimate of drug-likeness (QED) is 0.921. The molecule has 2 amide bonds. The van der Waals surface area contributed by atoms with Crippen LogP contribution in [0.25, 0.3) is 16.3 Å². The molecule has 0 unspecified atom stereocenters. The van der Waals surface area contributed by atoms with Crippen LogP contribution in [-0.2, 0) is 4.74 Å². The van der Waals surface area contributed by atoms with Gasteiger partial charge in [0, 0.05) is 12.5 Å². The van der Waals surface area contributed by atoms with Crippen molar-refractivity contribution in [2.24, 2.45) is 10.3 Å². The summed E-state index contributed by atoms with van der Waals surface area (Å²) in [7, 11) is 1.50. The average molecular weight is 348 g/mol. The van der Waals surface area contributed by atoms with Gasteiger partial charge in [0.2, 0.25) is 0 Å². The number of rotatable bonds is 4. The van der Waals surface area contributed by atoms with E-state index in [9.17, 15) is 4.79 Å². The molecule has 0 bridgehead atoms. The van der Waals surface area contributed by atoms with Crippen LogP contribution >= 0.6 is 22.7 Å². The van der Waals surface area contributed by atoms with E-state index in [0.29, 0.717) is 12.5 Å². The van der Waals surface area contributed by atoms with Gasteiger partial charge < -0.3 is 10.1 Å². The van der Waals surface area contributed by atoms with Crippen LogP contribution in [0.15, 0.2) is 39.1 Å². The van der Waals surface area contributed by atoms with E-state index in [2.05, 4.69) is 20.6 Å². The van der Waals surface area contributed by atoms with Crippen molar-refractivity contribution in [2.75, 3.05) is 20.5 Å². The number of hydrogen-bond donors (Lipinski definition) is 1. The van der Waals surface area contributed by atoms with Crippen LogP contribution in [0.4, 0.5) is 4.79 Å². The SMILES string of the molecule is COCN1N=NC2=C(c3nc(-c4cccs4)cs3)NCN2C1=O. The number of nitrogens with zero attached hydrogens (tertiary/aromatic N) is 5. The maximum Gasteiger partial charge on any atom is 0.351 e. The maximum absolute atomic E-state index is 12.3. The van der Waals surface area contributed by atoms with E-state index in [1.54, 1.807) is 11.3 Å². The van der Waals surface area contributed by atoms with Gasteiger partial charge in [-0.2, -0.15) is 5.01 Å². The molecule has 0 saturated heterocycles. The van der Waals surface area contributed by atoms with Gasteiger partial charge in [0.15, 0.2) is 5.82 Å². The summed E-state index contributed by atoms with van der Waals surface area (Å²) in [5, 5.41) is 17.2. The number of ether oxygens (including phenoxy) is 1. The molecule has 8 nitrogen and oxygen atoms in total. The van der Waals surface area contributed by atoms with Crippen molar-refractivity contribution in [1.82, 2.24) is 20.2 Å². The number of amides is 2. The summed E-state index contributed by atoms with van der Waals surface area (Å²) < 4.78 is 4.94. The summed E-state index contributed by atoms with van der Waals surface area (Å²) in [5.41, 5.74) is 1.65. The number of urea groups is 1. The molecule has 4 rings (SSSR count). The third kappa shape index (κ3) is 2.40. The molecule has 2 aromatic rings. The minimum absolute atomic E-state index is 0.0707. The fourth-order valence-corrected chi connectivity index (χ4v) is 3.88. The largest absolute Gasteiger partial charge is 0.362 e. The molecule has 4 heterocycles. The zero-order valence-corrected chi connectivity index (χ0v) is 13.7. The van der Waals surface area contributed by atoms with Crippen LogP contribution in [0.5, 0.6) is 0 Å². The van der Waals surface area contributed by atoms with Crippen LogP contribution < -0.4 is 5.32 Å². The zero-order chi connectivity index (χ0) is 15.8. The summed E-state index contributed by atoms with van der Waals surface area (Å²) in [5.74, 6) is 0.495. The van der Waals surface area contributed by atoms with Crippen LogP contribution in [0.3, 0.4) is 0 Å². The van der Waals surface area contributed by atoms with Gasteiger partial charge in [-0.15, -0.1) is 27.8 Å². The molecule has 0 aromatic carbocycles. The van der Waals surface area contributed by atoms with E-state index in [1.165, 1.54) is 28.4 Å². The Morgan fingerprint density at radius 3 is 3.13 bits per heavy atom. The lowest BCUT2D eigenvalue weighted by Gasteiger charge is -2.25. The predicted molar refractivity (Wildman–Crippen MR) is 86.2 cm³/mol. The van der Waals surface area contributed by atoms with E-state index in [4.69, 9.17) is 4.74 Å². The Kier molecular flexibility index (Phi) is 3.56. The lowest BCUT2D eigenvalue weighted by Crippen LogP contribution is -2.42. The Morgan fingerprint density at radius 2 is 2.35 bits per heavy atom. The van der Waals surface area contributed by atoms with Crippen molar-refractivity contribution in [1.29, 1.82) is 0 Å². The number of nitrogens with one attached hydrogen (secondary N) is 1. The predicted octanol–water partition coefficient (Wildman–Crippen LogP) is 2.77. The fraction of sp³-hybridized carbons (Fsp3) is 0.231. The number of methoxy groups -OCH3 is 1. The molecule has 0 spiro atoms. The molecule has 10 heteroatoms. The Morgan fingerprint density at radius 1 is 1.43 bits per heavy atom. The maximum atomic E-state index is 12.3. The minimum Gasteiger partial charge on any atom is -0.362 e. The summed E-state index contributed by atoms with van der Waals surface area (Å²) in [6, 6.07) is 3.76. The van der Waals surface area contributed by atoms with Gasteiger partial charge in [-0.1, -0.05) is 11.3 Å². The number of carbonyl (C=O) groups excluding carboxylic acids is 1. The number of aromatic nitrogens is 1. The van der Waals surface area contributed by atoms with Crippen molar-refractivity contribution < 1.29 is 9.53 Å². The first-order chi connectivity index (χ1) is 11.3. The Labute approximate surface area is 139 Å². The molecular formula is C13H12N6O2S2. The summed E-state index contributed by atoms with van der Waals surface area (Å²) in [4.78, 5) is 19.6. The molecule has 0 fully saturated rings. The van der Waals surface area contributed by atoms with Crippen molar-refractivity contribution >= 4 is 34.4 Å². The van der Waals surface area contributed by atoms with Crippen LogP contribution in [0.2, 0.25) is 0 Å². The Balaban J connectivity index is 1.67. The standard InChI is InChI=1S/C13H12N6O2S2/c1-21-7-19-13(20)18-6-14-10(11(18)16-17-19)12-15-8(5-23-12)9-3-2-4-22-9/h2-5,14H,6-7H2,1H3. The number of thiazole rings is 1. The molecule has 0 atom stereocenters. The second-order valence-corrected chi connectivity index (χ2v) is 6.57. The lowest BCUT2D eigenvalue weighted by molar-refractivity contribution is 0.0599. The summed E-state index contributed by atoms with van der Waals surface area (Å²) >= 11 is 3.15. The van der Waals surface area contributed by atoms with Crippen LogP contribution in [0, 0.1) is 0 Å². The third-order valence-electron chi connectivity index (χ3n) is 3.34. The third-order valence-corrected chi connectivity index (χ3v) is 5.09. The molecule has 2 aliphatic heterocycles. The molecule has 0 aliphatic carbocycles. The van der Waals surface area contributed by atoms with Crippen molar-refractivity contribution in [2.45, 2.75) is 0 Å². The van der Waals surface area contributed by atoms with Gasteiger partial charge in [-0.3, -0.25) is 4.90 Å². The Bertz CT molecular complexity index is 797. The van der Waals surface area contributed by atoms with Gasteiger partial charge in [-0.05, 0) is 11.4 Å². The van der Waals surface area contributed by atoms with Gasteiger partial charge in [-0.25, -0.2) is 9.78 Å². The van der Waals surface area contributed by atoms with E-state index in [0.717, 1.165) is 21.3 Å². The van der Waals surface area contributed by atoms with Gasteiger partial charge in [0.1, 0.15) is 17.4 Å². The Hall–Kier alpha value is -2.30. The van der Waals surface area contributed by atoms with Gasteiger partial charge in [0.05, 0.1) is 17.2 Å². The first-order valence-corrected chi connectivity index (χ1v) is 8.51. The van der Waals surface area contributed by atoms with Gasteiger partial charge in [0.25, 0.3) is 0 Å². The monoisotopic (exact) mass is 348 g/mol. The normalized spacial score (nSPS) is 17.0. The van der Waals surface area contributed by atoms with Crippen molar-refractivity contribution in [3.05, 3.63) is 33.7 Å². The van der Waals surface area contributed by atoms with Crippen LogP contribution in [0.1, 0.15) is 5.01 Å². The van der Waals surface area contributed by atoms with E-state index < -0.39 is 0 Å². The summed E-state index contributed by atoms with van der Waals surface area (Å²) in [6.07, 6.45) is 0. The minimum atomic E-state index is -0.269. The zero-order valence-electron chi connectivity index (χ0n) is 12.1. The molecule has 2 aliphatic rings. The van der Waals surface area contributed by atoms with E-state index in [-0.39, 0.29) is 12.8 Å². The fourth-order valence-electron chi connectivity index (χ4n) is 2.28. The number of carbonyl (C=O) groups is 1. The molecule has 0 radical (unpaired) electrons.